The average molecular weight is 329 g/mol. The molecule has 2 aromatic rings. The Bertz CT molecular complexity index is 557. The molecule has 2 rings (SSSR count). The quantitative estimate of drug-likeness (QED) is 0.938. The first-order chi connectivity index (χ1) is 8.54. The van der Waals surface area contributed by atoms with Crippen LogP contribution < -0.4 is 10.5 Å². The topological polar surface area (TPSA) is 61.0 Å². The number of hydrogen-bond donors (Lipinski definition) is 1. The van der Waals surface area contributed by atoms with E-state index in [9.17, 15) is 0 Å². The third-order valence-electron chi connectivity index (χ3n) is 2.17. The molecule has 0 saturated carbocycles. The second-order valence-corrected chi connectivity index (χ2v) is 5.04. The predicted octanol–water partition coefficient (Wildman–Crippen LogP) is 3.36. The summed E-state index contributed by atoms with van der Waals surface area (Å²) >= 11 is 9.37. The minimum atomic E-state index is 0.229. The molecule has 0 fully saturated rings. The highest BCUT2D eigenvalue weighted by molar-refractivity contribution is 9.10. The highest BCUT2D eigenvalue weighted by atomic mass is 79.9. The maximum absolute atomic E-state index is 6.04. The Balaban J connectivity index is 2.11. The molecule has 0 aliphatic heterocycles. The van der Waals surface area contributed by atoms with E-state index in [1.807, 2.05) is 13.0 Å². The standard InChI is InChI=1S/C12H11BrClN3O/c1-7-4-11(15)17-12(16-7)6-18-10-3-2-8(13)5-9(10)14/h2-5H,6H2,1H3,(H2,15,16,17). The van der Waals surface area contributed by atoms with Crippen LogP contribution in [-0.2, 0) is 6.61 Å². The van der Waals surface area contributed by atoms with Gasteiger partial charge in [-0.25, -0.2) is 9.97 Å². The van der Waals surface area contributed by atoms with Crippen LogP contribution in [0.25, 0.3) is 0 Å². The van der Waals surface area contributed by atoms with E-state index in [1.54, 1.807) is 18.2 Å². The normalized spacial score (nSPS) is 10.4. The van der Waals surface area contributed by atoms with Crippen LogP contribution in [0, 0.1) is 6.92 Å². The SMILES string of the molecule is Cc1cc(N)nc(COc2ccc(Br)cc2Cl)n1. The highest BCUT2D eigenvalue weighted by Crippen LogP contribution is 2.28. The number of rotatable bonds is 3. The van der Waals surface area contributed by atoms with Gasteiger partial charge in [-0.05, 0) is 25.1 Å². The van der Waals surface area contributed by atoms with Crippen molar-refractivity contribution in [1.29, 1.82) is 0 Å². The molecule has 0 aliphatic carbocycles. The largest absolute Gasteiger partial charge is 0.484 e. The number of nitrogens with two attached hydrogens (primary N) is 1. The van der Waals surface area contributed by atoms with E-state index in [0.29, 0.717) is 22.4 Å². The van der Waals surface area contributed by atoms with Crippen molar-refractivity contribution in [3.8, 4) is 5.75 Å². The third-order valence-corrected chi connectivity index (χ3v) is 2.96. The van der Waals surface area contributed by atoms with Gasteiger partial charge in [-0.1, -0.05) is 27.5 Å². The third kappa shape index (κ3) is 3.34. The van der Waals surface area contributed by atoms with Gasteiger partial charge in [-0.15, -0.1) is 0 Å². The van der Waals surface area contributed by atoms with E-state index in [4.69, 9.17) is 22.1 Å². The predicted molar refractivity (Wildman–Crippen MR) is 74.7 cm³/mol. The molecule has 0 bridgehead atoms. The molecular weight excluding hydrogens is 318 g/mol. The molecule has 1 heterocycles. The summed E-state index contributed by atoms with van der Waals surface area (Å²) in [6.45, 7) is 2.08. The van der Waals surface area contributed by atoms with Crippen molar-refractivity contribution in [2.75, 3.05) is 5.73 Å². The second kappa shape index (κ2) is 5.54. The number of nitrogen functional groups attached to an aromatic ring is 1. The van der Waals surface area contributed by atoms with Crippen LogP contribution in [0.5, 0.6) is 5.75 Å². The zero-order chi connectivity index (χ0) is 13.1. The number of ether oxygens (including phenoxy) is 1. The summed E-state index contributed by atoms with van der Waals surface area (Å²) in [4.78, 5) is 8.31. The summed E-state index contributed by atoms with van der Waals surface area (Å²) in [5.41, 5.74) is 6.45. The van der Waals surface area contributed by atoms with Crippen LogP contribution in [0.1, 0.15) is 11.5 Å². The molecule has 4 nitrogen and oxygen atoms in total. The molecule has 1 aromatic carbocycles. The molecule has 18 heavy (non-hydrogen) atoms. The van der Waals surface area contributed by atoms with Gasteiger partial charge in [0.2, 0.25) is 0 Å². The van der Waals surface area contributed by atoms with E-state index in [0.717, 1.165) is 10.2 Å². The number of hydrogen-bond acceptors (Lipinski definition) is 4. The van der Waals surface area contributed by atoms with Crippen molar-refractivity contribution in [2.24, 2.45) is 0 Å². The zero-order valence-electron chi connectivity index (χ0n) is 9.65. The van der Waals surface area contributed by atoms with Gasteiger partial charge in [0, 0.05) is 16.2 Å². The van der Waals surface area contributed by atoms with Gasteiger partial charge in [-0.2, -0.15) is 0 Å². The van der Waals surface area contributed by atoms with Crippen LogP contribution in [-0.4, -0.2) is 9.97 Å². The summed E-state index contributed by atoms with van der Waals surface area (Å²) in [6, 6.07) is 7.11. The van der Waals surface area contributed by atoms with Gasteiger partial charge in [0.25, 0.3) is 0 Å². The van der Waals surface area contributed by atoms with Crippen molar-refractivity contribution in [1.82, 2.24) is 9.97 Å². The molecule has 0 radical (unpaired) electrons. The van der Waals surface area contributed by atoms with Crippen molar-refractivity contribution in [2.45, 2.75) is 13.5 Å². The molecule has 0 aliphatic rings. The first-order valence-corrected chi connectivity index (χ1v) is 6.39. The smallest absolute Gasteiger partial charge is 0.168 e. The van der Waals surface area contributed by atoms with E-state index < -0.39 is 0 Å². The molecule has 1 aromatic heterocycles. The summed E-state index contributed by atoms with van der Waals surface area (Å²) in [5, 5.41) is 0.532. The Morgan fingerprint density at radius 1 is 1.33 bits per heavy atom. The van der Waals surface area contributed by atoms with Crippen molar-refractivity contribution in [3.63, 3.8) is 0 Å². The van der Waals surface area contributed by atoms with Gasteiger partial charge in [0.1, 0.15) is 18.2 Å². The molecule has 0 amide bonds. The minimum absolute atomic E-state index is 0.229. The molecule has 0 atom stereocenters. The van der Waals surface area contributed by atoms with Crippen molar-refractivity contribution >= 4 is 33.3 Å². The molecule has 6 heteroatoms. The van der Waals surface area contributed by atoms with Crippen molar-refractivity contribution < 1.29 is 4.74 Å². The molecule has 2 N–H and O–H groups in total. The number of aromatic nitrogens is 2. The lowest BCUT2D eigenvalue weighted by Gasteiger charge is -2.08. The van der Waals surface area contributed by atoms with Crippen LogP contribution in [0.4, 0.5) is 5.82 Å². The van der Waals surface area contributed by atoms with Crippen LogP contribution in [0.2, 0.25) is 5.02 Å². The molecule has 0 spiro atoms. The number of nitrogens with zero attached hydrogens (tertiary/aromatic N) is 2. The fourth-order valence-electron chi connectivity index (χ4n) is 1.46. The summed E-state index contributed by atoms with van der Waals surface area (Å²) in [6.07, 6.45) is 0. The van der Waals surface area contributed by atoms with Gasteiger partial charge >= 0.3 is 0 Å². The lowest BCUT2D eigenvalue weighted by Crippen LogP contribution is -2.05. The number of halogens is 2. The van der Waals surface area contributed by atoms with Crippen LogP contribution in [0.15, 0.2) is 28.7 Å². The average Bonchev–Trinajstić information content (AvgIpc) is 2.26. The Morgan fingerprint density at radius 2 is 2.11 bits per heavy atom. The summed E-state index contributed by atoms with van der Waals surface area (Å²) in [5.74, 6) is 1.55. The summed E-state index contributed by atoms with van der Waals surface area (Å²) < 4.78 is 6.45. The highest BCUT2D eigenvalue weighted by Gasteiger charge is 2.05. The Hall–Kier alpha value is -1.33. The lowest BCUT2D eigenvalue weighted by molar-refractivity contribution is 0.296. The minimum Gasteiger partial charge on any atom is -0.484 e. The van der Waals surface area contributed by atoms with E-state index in [-0.39, 0.29) is 6.61 Å². The zero-order valence-corrected chi connectivity index (χ0v) is 12.0. The van der Waals surface area contributed by atoms with E-state index >= 15 is 0 Å². The summed E-state index contributed by atoms with van der Waals surface area (Å²) in [7, 11) is 0. The van der Waals surface area contributed by atoms with Crippen molar-refractivity contribution in [3.05, 3.63) is 45.3 Å². The fourth-order valence-corrected chi connectivity index (χ4v) is 2.18. The van der Waals surface area contributed by atoms with E-state index in [1.165, 1.54) is 0 Å². The number of benzene rings is 1. The lowest BCUT2D eigenvalue weighted by atomic mass is 10.3. The van der Waals surface area contributed by atoms with Crippen LogP contribution in [0.3, 0.4) is 0 Å². The fraction of sp³-hybridized carbons (Fsp3) is 0.167. The second-order valence-electron chi connectivity index (χ2n) is 3.71. The van der Waals surface area contributed by atoms with Gasteiger partial charge < -0.3 is 10.5 Å². The number of aryl methyl sites for hydroxylation is 1. The van der Waals surface area contributed by atoms with Gasteiger partial charge in [-0.3, -0.25) is 0 Å². The van der Waals surface area contributed by atoms with E-state index in [2.05, 4.69) is 25.9 Å². The Labute approximate surface area is 118 Å². The first kappa shape index (κ1) is 13.1. The maximum Gasteiger partial charge on any atom is 0.168 e. The van der Waals surface area contributed by atoms with Crippen LogP contribution >= 0.6 is 27.5 Å². The van der Waals surface area contributed by atoms with Gasteiger partial charge in [0.15, 0.2) is 5.82 Å². The first-order valence-electron chi connectivity index (χ1n) is 5.22. The number of anilines is 1. The molecule has 0 unspecified atom stereocenters. The molecule has 0 saturated heterocycles. The monoisotopic (exact) mass is 327 g/mol. The molecular formula is C12H11BrClN3O. The Kier molecular flexibility index (Phi) is 4.04. The maximum atomic E-state index is 6.04. The van der Waals surface area contributed by atoms with Gasteiger partial charge in [0.05, 0.1) is 5.02 Å². The Morgan fingerprint density at radius 3 is 2.78 bits per heavy atom. The molecule has 94 valence electrons.